The SMILES string of the molecule is COc1ccccc1-c1nnc2ccc(OCCNC(=O)COc3ccc(C(=O)c4ccccc4)cc3)nn12. The van der Waals surface area contributed by atoms with Gasteiger partial charge in [-0.3, -0.25) is 9.59 Å². The van der Waals surface area contributed by atoms with Gasteiger partial charge in [0.25, 0.3) is 5.91 Å². The molecule has 10 nitrogen and oxygen atoms in total. The Hall–Kier alpha value is -5.25. The number of nitrogens with one attached hydrogen (secondary N) is 1. The molecule has 0 radical (unpaired) electrons. The third kappa shape index (κ3) is 6.02. The molecule has 0 bridgehead atoms. The summed E-state index contributed by atoms with van der Waals surface area (Å²) in [5, 5.41) is 15.6. The third-order valence-electron chi connectivity index (χ3n) is 5.78. The highest BCUT2D eigenvalue weighted by Gasteiger charge is 2.14. The zero-order valence-electron chi connectivity index (χ0n) is 21.1. The Morgan fingerprint density at radius 2 is 1.56 bits per heavy atom. The molecule has 2 heterocycles. The van der Waals surface area contributed by atoms with Gasteiger partial charge in [-0.1, -0.05) is 42.5 Å². The molecule has 1 amide bonds. The first-order valence-electron chi connectivity index (χ1n) is 12.2. The third-order valence-corrected chi connectivity index (χ3v) is 5.78. The average molecular weight is 524 g/mol. The summed E-state index contributed by atoms with van der Waals surface area (Å²) in [6, 6.07) is 26.6. The lowest BCUT2D eigenvalue weighted by Crippen LogP contribution is -2.32. The van der Waals surface area contributed by atoms with Crippen molar-refractivity contribution in [3.63, 3.8) is 0 Å². The van der Waals surface area contributed by atoms with E-state index in [9.17, 15) is 9.59 Å². The maximum Gasteiger partial charge on any atom is 0.258 e. The van der Waals surface area contributed by atoms with E-state index in [1.807, 2.05) is 42.5 Å². The van der Waals surface area contributed by atoms with Gasteiger partial charge in [-0.2, -0.15) is 4.52 Å². The van der Waals surface area contributed by atoms with Gasteiger partial charge >= 0.3 is 0 Å². The smallest absolute Gasteiger partial charge is 0.258 e. The number of hydrogen-bond acceptors (Lipinski definition) is 8. The van der Waals surface area contributed by atoms with E-state index in [1.54, 1.807) is 60.2 Å². The quantitative estimate of drug-likeness (QED) is 0.206. The van der Waals surface area contributed by atoms with E-state index in [4.69, 9.17) is 14.2 Å². The molecule has 196 valence electrons. The summed E-state index contributed by atoms with van der Waals surface area (Å²) < 4.78 is 18.3. The van der Waals surface area contributed by atoms with Gasteiger partial charge in [-0.05, 0) is 42.5 Å². The molecule has 39 heavy (non-hydrogen) atoms. The van der Waals surface area contributed by atoms with E-state index < -0.39 is 0 Å². The van der Waals surface area contributed by atoms with E-state index in [1.165, 1.54) is 0 Å². The molecule has 0 saturated heterocycles. The molecule has 0 fully saturated rings. The van der Waals surface area contributed by atoms with Crippen LogP contribution >= 0.6 is 0 Å². The van der Waals surface area contributed by atoms with Gasteiger partial charge in [0.15, 0.2) is 23.9 Å². The Morgan fingerprint density at radius 1 is 0.821 bits per heavy atom. The van der Waals surface area contributed by atoms with Crippen molar-refractivity contribution in [3.05, 3.63) is 102 Å². The second kappa shape index (κ2) is 11.9. The number of hydrogen-bond donors (Lipinski definition) is 1. The first-order chi connectivity index (χ1) is 19.1. The second-order valence-electron chi connectivity index (χ2n) is 8.37. The first-order valence-corrected chi connectivity index (χ1v) is 12.2. The molecular weight excluding hydrogens is 498 g/mol. The molecule has 0 aliphatic rings. The first kappa shape index (κ1) is 25.4. The number of fused-ring (bicyclic) bond motifs is 1. The normalized spacial score (nSPS) is 10.7. The van der Waals surface area contributed by atoms with Crippen molar-refractivity contribution in [2.24, 2.45) is 0 Å². The zero-order chi connectivity index (χ0) is 27.0. The summed E-state index contributed by atoms with van der Waals surface area (Å²) in [5.74, 6) is 1.65. The number of amides is 1. The van der Waals surface area contributed by atoms with Gasteiger partial charge in [-0.15, -0.1) is 15.3 Å². The van der Waals surface area contributed by atoms with E-state index in [0.717, 1.165) is 5.56 Å². The topological polar surface area (TPSA) is 117 Å². The second-order valence-corrected chi connectivity index (χ2v) is 8.37. The number of rotatable bonds is 11. The van der Waals surface area contributed by atoms with E-state index in [-0.39, 0.29) is 31.4 Å². The summed E-state index contributed by atoms with van der Waals surface area (Å²) >= 11 is 0. The van der Waals surface area contributed by atoms with Crippen LogP contribution in [-0.2, 0) is 4.79 Å². The summed E-state index contributed by atoms with van der Waals surface area (Å²) in [5.41, 5.74) is 2.47. The minimum absolute atomic E-state index is 0.0751. The number of carbonyl (C=O) groups excluding carboxylic acids is 2. The van der Waals surface area contributed by atoms with Crippen molar-refractivity contribution >= 4 is 17.3 Å². The van der Waals surface area contributed by atoms with Gasteiger partial charge in [0.05, 0.1) is 19.2 Å². The lowest BCUT2D eigenvalue weighted by atomic mass is 10.0. The largest absolute Gasteiger partial charge is 0.496 e. The lowest BCUT2D eigenvalue weighted by Gasteiger charge is -2.09. The van der Waals surface area contributed by atoms with Crippen molar-refractivity contribution < 1.29 is 23.8 Å². The van der Waals surface area contributed by atoms with Crippen LogP contribution in [0.3, 0.4) is 0 Å². The lowest BCUT2D eigenvalue weighted by molar-refractivity contribution is -0.123. The van der Waals surface area contributed by atoms with Gasteiger partial charge < -0.3 is 19.5 Å². The minimum Gasteiger partial charge on any atom is -0.496 e. The Kier molecular flexibility index (Phi) is 7.73. The molecular formula is C29H25N5O5. The number of methoxy groups -OCH3 is 1. The fourth-order valence-corrected chi connectivity index (χ4v) is 3.85. The van der Waals surface area contributed by atoms with Gasteiger partial charge in [0.1, 0.15) is 18.1 Å². The highest BCUT2D eigenvalue weighted by Crippen LogP contribution is 2.28. The summed E-state index contributed by atoms with van der Waals surface area (Å²) in [4.78, 5) is 24.7. The molecule has 0 unspecified atom stereocenters. The minimum atomic E-state index is -0.302. The number of carbonyl (C=O) groups is 2. The number of aromatic nitrogens is 4. The average Bonchev–Trinajstić information content (AvgIpc) is 3.41. The Morgan fingerprint density at radius 3 is 2.36 bits per heavy atom. The molecule has 10 heteroatoms. The monoisotopic (exact) mass is 523 g/mol. The molecule has 5 rings (SSSR count). The van der Waals surface area contributed by atoms with Crippen LogP contribution in [0.15, 0.2) is 91.0 Å². The van der Waals surface area contributed by atoms with Crippen molar-refractivity contribution in [2.45, 2.75) is 0 Å². The van der Waals surface area contributed by atoms with Crippen LogP contribution in [0.1, 0.15) is 15.9 Å². The maximum absolute atomic E-state index is 12.5. The van der Waals surface area contributed by atoms with Crippen molar-refractivity contribution in [2.75, 3.05) is 26.9 Å². The standard InChI is InChI=1S/C29H25N5O5/c1-37-24-10-6-5-9-23(24)29-32-31-25-15-16-27(33-34(25)29)38-18-17-30-26(35)19-39-22-13-11-21(12-14-22)28(36)20-7-3-2-4-8-20/h2-16H,17-19H2,1H3,(H,30,35). The zero-order valence-corrected chi connectivity index (χ0v) is 21.1. The van der Waals surface area contributed by atoms with Crippen LogP contribution in [0.5, 0.6) is 17.4 Å². The number of para-hydroxylation sites is 1. The highest BCUT2D eigenvalue weighted by molar-refractivity contribution is 6.09. The molecule has 5 aromatic rings. The summed E-state index contributed by atoms with van der Waals surface area (Å²) in [6.07, 6.45) is 0. The van der Waals surface area contributed by atoms with Crippen molar-refractivity contribution in [1.29, 1.82) is 0 Å². The molecule has 0 aliphatic heterocycles. The molecule has 0 saturated carbocycles. The van der Waals surface area contributed by atoms with Crippen molar-refractivity contribution in [1.82, 2.24) is 25.1 Å². The summed E-state index contributed by atoms with van der Waals surface area (Å²) in [6.45, 7) is 0.291. The van der Waals surface area contributed by atoms with Crippen LogP contribution < -0.4 is 19.5 Å². The highest BCUT2D eigenvalue weighted by atomic mass is 16.5. The Bertz CT molecular complexity index is 1590. The van der Waals surface area contributed by atoms with Gasteiger partial charge in [0.2, 0.25) is 5.88 Å². The molecule has 0 spiro atoms. The van der Waals surface area contributed by atoms with Gasteiger partial charge in [0, 0.05) is 17.2 Å². The molecule has 0 aliphatic carbocycles. The predicted octanol–water partition coefficient (Wildman–Crippen LogP) is 3.60. The fourth-order valence-electron chi connectivity index (χ4n) is 3.85. The van der Waals surface area contributed by atoms with Crippen LogP contribution in [0, 0.1) is 0 Å². The number of ether oxygens (including phenoxy) is 3. The Labute approximate surface area is 224 Å². The fraction of sp³-hybridized carbons (Fsp3) is 0.138. The van der Waals surface area contributed by atoms with E-state index >= 15 is 0 Å². The molecule has 0 atom stereocenters. The van der Waals surface area contributed by atoms with Gasteiger partial charge in [-0.25, -0.2) is 0 Å². The number of benzene rings is 3. The van der Waals surface area contributed by atoms with Crippen molar-refractivity contribution in [3.8, 4) is 28.8 Å². The number of ketones is 1. The van der Waals surface area contributed by atoms with E-state index in [0.29, 0.717) is 40.0 Å². The summed E-state index contributed by atoms with van der Waals surface area (Å²) in [7, 11) is 1.59. The maximum atomic E-state index is 12.5. The Balaban J connectivity index is 1.09. The molecule has 3 aromatic carbocycles. The van der Waals surface area contributed by atoms with Crippen LogP contribution in [0.25, 0.3) is 17.0 Å². The molecule has 2 aromatic heterocycles. The van der Waals surface area contributed by atoms with Crippen LogP contribution in [0.2, 0.25) is 0 Å². The van der Waals surface area contributed by atoms with E-state index in [2.05, 4.69) is 20.6 Å². The predicted molar refractivity (Wildman–Crippen MR) is 143 cm³/mol. The van der Waals surface area contributed by atoms with Crippen LogP contribution in [0.4, 0.5) is 0 Å². The molecule has 1 N–H and O–H groups in total. The number of nitrogens with zero attached hydrogens (tertiary/aromatic N) is 4. The van der Waals surface area contributed by atoms with Crippen LogP contribution in [-0.4, -0.2) is 58.4 Å².